The Kier molecular flexibility index (Phi) is 4.64. The molecule has 0 heterocycles. The van der Waals surface area contributed by atoms with Gasteiger partial charge in [0.1, 0.15) is 24.2 Å². The summed E-state index contributed by atoms with van der Waals surface area (Å²) in [7, 11) is 1.62. The first-order chi connectivity index (χ1) is 9.61. The Morgan fingerprint density at radius 1 is 1.05 bits per heavy atom. The fourth-order valence-electron chi connectivity index (χ4n) is 1.97. The van der Waals surface area contributed by atoms with E-state index in [0.717, 1.165) is 22.6 Å². The molecule has 0 aliphatic carbocycles. The van der Waals surface area contributed by atoms with Gasteiger partial charge in [-0.2, -0.15) is 0 Å². The minimum Gasteiger partial charge on any atom is -0.497 e. The third-order valence-corrected chi connectivity index (χ3v) is 3.45. The molecule has 0 amide bonds. The summed E-state index contributed by atoms with van der Waals surface area (Å²) in [5.41, 5.74) is 3.10. The van der Waals surface area contributed by atoms with Gasteiger partial charge in [0.15, 0.2) is 0 Å². The summed E-state index contributed by atoms with van der Waals surface area (Å²) < 4.78 is 10.8. The molecule has 0 aliphatic heterocycles. The molecule has 106 valence electrons. The van der Waals surface area contributed by atoms with Gasteiger partial charge in [0.05, 0.1) is 7.11 Å². The highest BCUT2D eigenvalue weighted by molar-refractivity contribution is 5.38. The van der Waals surface area contributed by atoms with Crippen LogP contribution in [0.25, 0.3) is 0 Å². The number of aryl methyl sites for hydroxylation is 1. The van der Waals surface area contributed by atoms with Crippen LogP contribution < -0.4 is 9.47 Å². The molecule has 1 unspecified atom stereocenters. The number of rotatable bonds is 5. The summed E-state index contributed by atoms with van der Waals surface area (Å²) in [5, 5.41) is 10.1. The fraction of sp³-hybridized carbons (Fsp3) is 0.294. The summed E-state index contributed by atoms with van der Waals surface area (Å²) in [4.78, 5) is 0. The van der Waals surface area contributed by atoms with Gasteiger partial charge in [-0.3, -0.25) is 0 Å². The monoisotopic (exact) mass is 272 g/mol. The number of methoxy groups -OCH3 is 1. The lowest BCUT2D eigenvalue weighted by molar-refractivity contribution is 0.108. The Hall–Kier alpha value is -2.00. The smallest absolute Gasteiger partial charge is 0.122 e. The predicted molar refractivity (Wildman–Crippen MR) is 79.4 cm³/mol. The number of hydrogen-bond acceptors (Lipinski definition) is 3. The lowest BCUT2D eigenvalue weighted by Crippen LogP contribution is -2.10. The highest BCUT2D eigenvalue weighted by atomic mass is 16.5. The van der Waals surface area contributed by atoms with Crippen molar-refractivity contribution >= 4 is 0 Å². The molecule has 0 saturated heterocycles. The minimum atomic E-state index is -0.652. The second kappa shape index (κ2) is 6.44. The molecule has 20 heavy (non-hydrogen) atoms. The lowest BCUT2D eigenvalue weighted by atomic mass is 10.1. The van der Waals surface area contributed by atoms with Gasteiger partial charge in [-0.1, -0.05) is 24.3 Å². The molecule has 1 N–H and O–H groups in total. The molecule has 0 spiro atoms. The molecule has 3 heteroatoms. The maximum absolute atomic E-state index is 10.1. The van der Waals surface area contributed by atoms with Crippen molar-refractivity contribution in [3.63, 3.8) is 0 Å². The van der Waals surface area contributed by atoms with Crippen LogP contribution in [0.4, 0.5) is 0 Å². The Morgan fingerprint density at radius 3 is 2.40 bits per heavy atom. The third-order valence-electron chi connectivity index (χ3n) is 3.45. The van der Waals surface area contributed by atoms with Crippen molar-refractivity contribution in [1.82, 2.24) is 0 Å². The van der Waals surface area contributed by atoms with Crippen molar-refractivity contribution in [2.45, 2.75) is 20.0 Å². The first-order valence-corrected chi connectivity index (χ1v) is 6.63. The van der Waals surface area contributed by atoms with Crippen LogP contribution >= 0.6 is 0 Å². The molecule has 0 fully saturated rings. The normalized spacial score (nSPS) is 12.0. The van der Waals surface area contributed by atoms with Gasteiger partial charge in [0.2, 0.25) is 0 Å². The van der Waals surface area contributed by atoms with Crippen molar-refractivity contribution in [1.29, 1.82) is 0 Å². The molecular weight excluding hydrogens is 252 g/mol. The molecule has 2 aromatic carbocycles. The van der Waals surface area contributed by atoms with Crippen molar-refractivity contribution in [3.8, 4) is 11.5 Å². The SMILES string of the molecule is COc1ccc(C(O)COc2cccc(C)c2C)cc1. The molecule has 0 aromatic heterocycles. The van der Waals surface area contributed by atoms with E-state index >= 15 is 0 Å². The first-order valence-electron chi connectivity index (χ1n) is 6.63. The Morgan fingerprint density at radius 2 is 1.75 bits per heavy atom. The molecule has 0 bridgehead atoms. The highest BCUT2D eigenvalue weighted by Crippen LogP contribution is 2.23. The summed E-state index contributed by atoms with van der Waals surface area (Å²) >= 11 is 0. The Bertz CT molecular complexity index is 561. The van der Waals surface area contributed by atoms with Crippen molar-refractivity contribution < 1.29 is 14.6 Å². The molecule has 1 atom stereocenters. The van der Waals surface area contributed by atoms with E-state index in [2.05, 4.69) is 0 Å². The van der Waals surface area contributed by atoms with Gasteiger partial charge < -0.3 is 14.6 Å². The van der Waals surface area contributed by atoms with E-state index in [1.165, 1.54) is 5.56 Å². The second-order valence-corrected chi connectivity index (χ2v) is 4.80. The fourth-order valence-corrected chi connectivity index (χ4v) is 1.97. The zero-order valence-corrected chi connectivity index (χ0v) is 12.1. The molecule has 0 aliphatic rings. The second-order valence-electron chi connectivity index (χ2n) is 4.80. The zero-order chi connectivity index (χ0) is 14.5. The highest BCUT2D eigenvalue weighted by Gasteiger charge is 2.10. The number of aliphatic hydroxyl groups is 1. The van der Waals surface area contributed by atoms with Gasteiger partial charge in [-0.05, 0) is 48.7 Å². The van der Waals surface area contributed by atoms with Gasteiger partial charge in [-0.15, -0.1) is 0 Å². The number of aliphatic hydroxyl groups excluding tert-OH is 1. The molecule has 2 aromatic rings. The zero-order valence-electron chi connectivity index (χ0n) is 12.1. The summed E-state index contributed by atoms with van der Waals surface area (Å²) in [6.45, 7) is 4.29. The van der Waals surface area contributed by atoms with Crippen LogP contribution in [0.1, 0.15) is 22.8 Å². The number of hydrogen-bond donors (Lipinski definition) is 1. The standard InChI is InChI=1S/C17H20O3/c1-12-5-4-6-17(13(12)2)20-11-16(18)14-7-9-15(19-3)10-8-14/h4-10,16,18H,11H2,1-3H3. The van der Waals surface area contributed by atoms with Crippen molar-refractivity contribution in [2.24, 2.45) is 0 Å². The summed E-state index contributed by atoms with van der Waals surface area (Å²) in [5.74, 6) is 1.59. The predicted octanol–water partition coefficient (Wildman–Crippen LogP) is 3.42. The molecule has 3 nitrogen and oxygen atoms in total. The van der Waals surface area contributed by atoms with E-state index in [9.17, 15) is 5.11 Å². The van der Waals surface area contributed by atoms with Crippen LogP contribution in [0.5, 0.6) is 11.5 Å². The maximum atomic E-state index is 10.1. The van der Waals surface area contributed by atoms with Crippen molar-refractivity contribution in [3.05, 3.63) is 59.2 Å². The minimum absolute atomic E-state index is 0.233. The van der Waals surface area contributed by atoms with Crippen LogP contribution in [0, 0.1) is 13.8 Å². The molecule has 2 rings (SSSR count). The van der Waals surface area contributed by atoms with Crippen LogP contribution in [0.15, 0.2) is 42.5 Å². The number of benzene rings is 2. The van der Waals surface area contributed by atoms with Crippen LogP contribution in [-0.2, 0) is 0 Å². The van der Waals surface area contributed by atoms with E-state index in [0.29, 0.717) is 0 Å². The largest absolute Gasteiger partial charge is 0.497 e. The van der Waals surface area contributed by atoms with Gasteiger partial charge in [-0.25, -0.2) is 0 Å². The maximum Gasteiger partial charge on any atom is 0.122 e. The first kappa shape index (κ1) is 14.4. The van der Waals surface area contributed by atoms with Gasteiger partial charge in [0.25, 0.3) is 0 Å². The van der Waals surface area contributed by atoms with Crippen molar-refractivity contribution in [2.75, 3.05) is 13.7 Å². The molecular formula is C17H20O3. The Balaban J connectivity index is 2.00. The van der Waals surface area contributed by atoms with Crippen LogP contribution in [-0.4, -0.2) is 18.8 Å². The van der Waals surface area contributed by atoms with E-state index in [1.54, 1.807) is 7.11 Å². The average Bonchev–Trinajstić information content (AvgIpc) is 2.48. The molecule has 0 saturated carbocycles. The summed E-state index contributed by atoms with van der Waals surface area (Å²) in [6.07, 6.45) is -0.652. The number of ether oxygens (including phenoxy) is 2. The van der Waals surface area contributed by atoms with E-state index in [4.69, 9.17) is 9.47 Å². The quantitative estimate of drug-likeness (QED) is 0.906. The Labute approximate surface area is 119 Å². The molecule has 0 radical (unpaired) electrons. The van der Waals surface area contributed by atoms with Crippen LogP contribution in [0.3, 0.4) is 0 Å². The summed E-state index contributed by atoms with van der Waals surface area (Å²) in [6, 6.07) is 13.3. The van der Waals surface area contributed by atoms with Gasteiger partial charge in [0, 0.05) is 0 Å². The van der Waals surface area contributed by atoms with E-state index < -0.39 is 6.10 Å². The van der Waals surface area contributed by atoms with Crippen LogP contribution in [0.2, 0.25) is 0 Å². The van der Waals surface area contributed by atoms with E-state index in [-0.39, 0.29) is 6.61 Å². The topological polar surface area (TPSA) is 38.7 Å². The van der Waals surface area contributed by atoms with Gasteiger partial charge >= 0.3 is 0 Å². The van der Waals surface area contributed by atoms with E-state index in [1.807, 2.05) is 56.3 Å². The third kappa shape index (κ3) is 3.31. The lowest BCUT2D eigenvalue weighted by Gasteiger charge is -2.15. The average molecular weight is 272 g/mol.